The maximum absolute atomic E-state index is 13.4. The fourth-order valence-electron chi connectivity index (χ4n) is 4.07. The molecule has 0 saturated carbocycles. The van der Waals surface area contributed by atoms with Crippen LogP contribution >= 0.6 is 11.6 Å². The molecule has 0 bridgehead atoms. The van der Waals surface area contributed by atoms with Gasteiger partial charge >= 0.3 is 0 Å². The first-order chi connectivity index (χ1) is 16.5. The average Bonchev–Trinajstić information content (AvgIpc) is 2.78. The highest BCUT2D eigenvalue weighted by molar-refractivity contribution is 7.92. The van der Waals surface area contributed by atoms with E-state index in [0.29, 0.717) is 42.2 Å². The van der Waals surface area contributed by atoms with Gasteiger partial charge in [-0.3, -0.25) is 13.9 Å². The van der Waals surface area contributed by atoms with E-state index < -0.39 is 16.1 Å². The number of benzene rings is 2. The van der Waals surface area contributed by atoms with Crippen LogP contribution < -0.4 is 9.62 Å². The van der Waals surface area contributed by atoms with Crippen molar-refractivity contribution in [2.75, 3.05) is 23.7 Å². The maximum atomic E-state index is 13.4. The molecule has 9 heteroatoms. The Balaban J connectivity index is 2.24. The van der Waals surface area contributed by atoms with Gasteiger partial charge in [0, 0.05) is 31.1 Å². The highest BCUT2D eigenvalue weighted by atomic mass is 35.5. The van der Waals surface area contributed by atoms with Crippen molar-refractivity contribution in [1.82, 2.24) is 10.2 Å². The summed E-state index contributed by atoms with van der Waals surface area (Å²) in [5.41, 5.74) is 3.17. The Kier molecular flexibility index (Phi) is 10.6. The third-order valence-electron chi connectivity index (χ3n) is 5.83. The van der Waals surface area contributed by atoms with Gasteiger partial charge in [0.15, 0.2) is 0 Å². The Morgan fingerprint density at radius 2 is 1.77 bits per heavy atom. The standard InChI is InChI=1S/C26H36ClN3O4S/c1-6-23(26(32)28-7-2)29(18-21-12-8-11-19(3)17-21)25(31)15-10-16-30(35(5,33)34)24-14-9-13-22(27)20(24)4/h8-9,11-14,17,23H,6-7,10,15-16,18H2,1-5H3,(H,28,32)/t23-/m0/s1. The summed E-state index contributed by atoms with van der Waals surface area (Å²) in [7, 11) is -3.58. The van der Waals surface area contributed by atoms with Gasteiger partial charge in [-0.05, 0) is 56.9 Å². The van der Waals surface area contributed by atoms with E-state index in [4.69, 9.17) is 11.6 Å². The summed E-state index contributed by atoms with van der Waals surface area (Å²) in [6.07, 6.45) is 2.02. The molecular formula is C26H36ClN3O4S. The van der Waals surface area contributed by atoms with Crippen LogP contribution in [0, 0.1) is 13.8 Å². The lowest BCUT2D eigenvalue weighted by Gasteiger charge is -2.31. The van der Waals surface area contributed by atoms with Crippen LogP contribution in [0.25, 0.3) is 0 Å². The number of hydrogen-bond acceptors (Lipinski definition) is 4. The lowest BCUT2D eigenvalue weighted by molar-refractivity contribution is -0.141. The van der Waals surface area contributed by atoms with E-state index in [9.17, 15) is 18.0 Å². The van der Waals surface area contributed by atoms with E-state index in [1.165, 1.54) is 4.31 Å². The monoisotopic (exact) mass is 521 g/mol. The molecule has 2 amide bonds. The molecule has 2 aromatic rings. The van der Waals surface area contributed by atoms with Gasteiger partial charge in [0.2, 0.25) is 21.8 Å². The van der Waals surface area contributed by atoms with Gasteiger partial charge in [0.05, 0.1) is 11.9 Å². The van der Waals surface area contributed by atoms with Crippen LogP contribution in [0.3, 0.4) is 0 Å². The second-order valence-corrected chi connectivity index (χ2v) is 11.0. The number of rotatable bonds is 12. The van der Waals surface area contributed by atoms with Crippen molar-refractivity contribution < 1.29 is 18.0 Å². The highest BCUT2D eigenvalue weighted by Gasteiger charge is 2.28. The Morgan fingerprint density at radius 1 is 1.09 bits per heavy atom. The lowest BCUT2D eigenvalue weighted by Crippen LogP contribution is -2.49. The zero-order chi connectivity index (χ0) is 26.2. The molecule has 1 atom stereocenters. The van der Waals surface area contributed by atoms with E-state index in [0.717, 1.165) is 17.4 Å². The van der Waals surface area contributed by atoms with Gasteiger partial charge in [-0.1, -0.05) is 54.4 Å². The molecule has 0 aromatic heterocycles. The first-order valence-corrected chi connectivity index (χ1v) is 14.1. The number of amides is 2. The number of nitrogens with zero attached hydrogens (tertiary/aromatic N) is 2. The molecule has 1 N–H and O–H groups in total. The summed E-state index contributed by atoms with van der Waals surface area (Å²) in [6, 6.07) is 12.4. The Hall–Kier alpha value is -2.58. The van der Waals surface area contributed by atoms with Gasteiger partial charge in [0.1, 0.15) is 6.04 Å². The van der Waals surface area contributed by atoms with E-state index in [-0.39, 0.29) is 24.8 Å². The predicted molar refractivity (Wildman–Crippen MR) is 142 cm³/mol. The molecule has 0 fully saturated rings. The largest absolute Gasteiger partial charge is 0.355 e. The van der Waals surface area contributed by atoms with Gasteiger partial charge in [0.25, 0.3) is 0 Å². The first kappa shape index (κ1) is 28.7. The number of carbonyl (C=O) groups is 2. The number of anilines is 1. The molecule has 0 aliphatic rings. The van der Waals surface area contributed by atoms with E-state index in [1.807, 2.05) is 45.0 Å². The Bertz CT molecular complexity index is 1140. The maximum Gasteiger partial charge on any atom is 0.242 e. The number of nitrogens with one attached hydrogen (secondary N) is 1. The molecule has 0 saturated heterocycles. The first-order valence-electron chi connectivity index (χ1n) is 11.8. The minimum atomic E-state index is -3.58. The van der Waals surface area contributed by atoms with Gasteiger partial charge in [-0.25, -0.2) is 8.42 Å². The summed E-state index contributed by atoms with van der Waals surface area (Å²) < 4.78 is 26.3. The van der Waals surface area contributed by atoms with Crippen molar-refractivity contribution in [3.63, 3.8) is 0 Å². The molecule has 0 aliphatic heterocycles. The highest BCUT2D eigenvalue weighted by Crippen LogP contribution is 2.28. The molecular weight excluding hydrogens is 486 g/mol. The van der Waals surface area contributed by atoms with Crippen LogP contribution in [0.2, 0.25) is 5.02 Å². The van der Waals surface area contributed by atoms with Crippen LogP contribution in [0.1, 0.15) is 49.8 Å². The number of likely N-dealkylation sites (N-methyl/N-ethyl adjacent to an activating group) is 1. The molecule has 0 radical (unpaired) electrons. The fourth-order valence-corrected chi connectivity index (χ4v) is 5.25. The zero-order valence-electron chi connectivity index (χ0n) is 21.2. The van der Waals surface area contributed by atoms with Gasteiger partial charge in [-0.15, -0.1) is 0 Å². The third kappa shape index (κ3) is 7.97. The van der Waals surface area contributed by atoms with E-state index in [1.54, 1.807) is 30.0 Å². The van der Waals surface area contributed by atoms with Crippen LogP contribution in [-0.4, -0.2) is 50.5 Å². The second kappa shape index (κ2) is 12.9. The van der Waals surface area contributed by atoms with Crippen molar-refractivity contribution in [3.8, 4) is 0 Å². The number of halogens is 1. The number of sulfonamides is 1. The van der Waals surface area contributed by atoms with Crippen LogP contribution in [0.15, 0.2) is 42.5 Å². The minimum Gasteiger partial charge on any atom is -0.355 e. The Labute approximate surface area is 214 Å². The topological polar surface area (TPSA) is 86.8 Å². The molecule has 0 unspecified atom stereocenters. The molecule has 2 rings (SSSR count). The third-order valence-corrected chi connectivity index (χ3v) is 7.42. The molecule has 2 aromatic carbocycles. The normalized spacial score (nSPS) is 12.2. The van der Waals surface area contributed by atoms with Crippen molar-refractivity contribution in [2.24, 2.45) is 0 Å². The van der Waals surface area contributed by atoms with Crippen LogP contribution in [0.4, 0.5) is 5.69 Å². The smallest absolute Gasteiger partial charge is 0.242 e. The summed E-state index contributed by atoms with van der Waals surface area (Å²) in [4.78, 5) is 27.7. The Morgan fingerprint density at radius 3 is 2.37 bits per heavy atom. The molecule has 7 nitrogen and oxygen atoms in total. The summed E-state index contributed by atoms with van der Waals surface area (Å²) in [6.45, 7) is 8.38. The quantitative estimate of drug-likeness (QED) is 0.447. The van der Waals surface area contributed by atoms with E-state index in [2.05, 4.69) is 5.32 Å². The van der Waals surface area contributed by atoms with Crippen molar-refractivity contribution in [3.05, 3.63) is 64.2 Å². The van der Waals surface area contributed by atoms with Gasteiger partial charge < -0.3 is 10.2 Å². The number of carbonyl (C=O) groups excluding carboxylic acids is 2. The lowest BCUT2D eigenvalue weighted by atomic mass is 10.1. The molecule has 0 aliphatic carbocycles. The zero-order valence-corrected chi connectivity index (χ0v) is 22.7. The number of hydrogen-bond donors (Lipinski definition) is 1. The van der Waals surface area contributed by atoms with Crippen LogP contribution in [-0.2, 0) is 26.2 Å². The summed E-state index contributed by atoms with van der Waals surface area (Å²) in [5.74, 6) is -0.385. The predicted octanol–water partition coefficient (Wildman–Crippen LogP) is 4.45. The molecule has 35 heavy (non-hydrogen) atoms. The van der Waals surface area contributed by atoms with Crippen LogP contribution in [0.5, 0.6) is 0 Å². The van der Waals surface area contributed by atoms with Crippen molar-refractivity contribution in [2.45, 2.75) is 59.5 Å². The minimum absolute atomic E-state index is 0.105. The van der Waals surface area contributed by atoms with Gasteiger partial charge in [-0.2, -0.15) is 0 Å². The fraction of sp³-hybridized carbons (Fsp3) is 0.462. The average molecular weight is 522 g/mol. The van der Waals surface area contributed by atoms with Crippen molar-refractivity contribution >= 4 is 39.1 Å². The SMILES string of the molecule is CCNC(=O)[C@H](CC)N(Cc1cccc(C)c1)C(=O)CCCN(c1cccc(Cl)c1C)S(C)(=O)=O. The molecule has 0 heterocycles. The summed E-state index contributed by atoms with van der Waals surface area (Å²) >= 11 is 6.21. The van der Waals surface area contributed by atoms with Crippen molar-refractivity contribution in [1.29, 1.82) is 0 Å². The molecule has 0 spiro atoms. The second-order valence-electron chi connectivity index (χ2n) is 8.65. The van der Waals surface area contributed by atoms with E-state index >= 15 is 0 Å². The number of aryl methyl sites for hydroxylation is 1. The summed E-state index contributed by atoms with van der Waals surface area (Å²) in [5, 5.41) is 3.30. The molecule has 192 valence electrons.